The first-order valence-electron chi connectivity index (χ1n) is 7.61. The first kappa shape index (κ1) is 17.1. The molecule has 0 saturated heterocycles. The van der Waals surface area contributed by atoms with Crippen LogP contribution in [0.4, 0.5) is 4.39 Å². The van der Waals surface area contributed by atoms with Crippen molar-refractivity contribution in [2.24, 2.45) is 0 Å². The third-order valence-electron chi connectivity index (χ3n) is 3.24. The van der Waals surface area contributed by atoms with Crippen LogP contribution in [0.3, 0.4) is 0 Å². The Hall–Kier alpha value is -2.74. The molecule has 3 aromatic rings. The number of hydrogen-bond acceptors (Lipinski definition) is 6. The van der Waals surface area contributed by atoms with Crippen LogP contribution in [0.2, 0.25) is 0 Å². The summed E-state index contributed by atoms with van der Waals surface area (Å²) in [5.74, 6) is 8.19. The van der Waals surface area contributed by atoms with Gasteiger partial charge in [-0.25, -0.2) is 9.07 Å². The smallest absolute Gasteiger partial charge is 0.210 e. The fraction of sp³-hybridized carbons (Fsp3) is 0.176. The van der Waals surface area contributed by atoms with Crippen molar-refractivity contribution in [3.8, 4) is 11.5 Å². The maximum Gasteiger partial charge on any atom is 0.210 e. The summed E-state index contributed by atoms with van der Waals surface area (Å²) in [5, 5.41) is 8.63. The second kappa shape index (κ2) is 8.39. The van der Waals surface area contributed by atoms with Gasteiger partial charge in [-0.15, -0.1) is 10.2 Å². The van der Waals surface area contributed by atoms with E-state index < -0.39 is 0 Å². The van der Waals surface area contributed by atoms with E-state index in [0.29, 0.717) is 29.1 Å². The van der Waals surface area contributed by atoms with Crippen LogP contribution < -0.4 is 15.3 Å². The van der Waals surface area contributed by atoms with E-state index in [4.69, 9.17) is 15.3 Å². The average molecular weight is 360 g/mol. The van der Waals surface area contributed by atoms with Gasteiger partial charge < -0.3 is 15.3 Å². The van der Waals surface area contributed by atoms with Gasteiger partial charge in [0.1, 0.15) is 23.9 Å². The number of thioether (sulfide) groups is 1. The Morgan fingerprint density at radius 1 is 0.960 bits per heavy atom. The highest BCUT2D eigenvalue weighted by Gasteiger charge is 2.11. The third kappa shape index (κ3) is 4.87. The molecule has 6 nitrogen and oxygen atoms in total. The number of aromatic nitrogens is 3. The molecule has 2 N–H and O–H groups in total. The summed E-state index contributed by atoms with van der Waals surface area (Å²) >= 11 is 1.44. The van der Waals surface area contributed by atoms with E-state index in [-0.39, 0.29) is 12.4 Å². The minimum atomic E-state index is -0.314. The Labute approximate surface area is 148 Å². The zero-order chi connectivity index (χ0) is 17.5. The summed E-state index contributed by atoms with van der Waals surface area (Å²) < 4.78 is 25.4. The van der Waals surface area contributed by atoms with Crippen LogP contribution >= 0.6 is 11.8 Å². The molecule has 0 aliphatic heterocycles. The van der Waals surface area contributed by atoms with E-state index in [0.717, 1.165) is 5.75 Å². The number of hydrogen-bond donors (Lipinski definition) is 1. The lowest BCUT2D eigenvalue weighted by atomic mass is 10.3. The molecular weight excluding hydrogens is 343 g/mol. The first-order valence-corrected chi connectivity index (χ1v) is 8.59. The van der Waals surface area contributed by atoms with Crippen molar-refractivity contribution in [3.05, 3.63) is 66.2 Å². The highest BCUT2D eigenvalue weighted by molar-refractivity contribution is 7.99. The molecule has 0 atom stereocenters. The molecule has 25 heavy (non-hydrogen) atoms. The Morgan fingerprint density at radius 3 is 2.44 bits per heavy atom. The van der Waals surface area contributed by atoms with Gasteiger partial charge >= 0.3 is 0 Å². The van der Waals surface area contributed by atoms with Crippen LogP contribution in [0.25, 0.3) is 0 Å². The van der Waals surface area contributed by atoms with Gasteiger partial charge in [0.15, 0.2) is 5.82 Å². The van der Waals surface area contributed by atoms with E-state index in [9.17, 15) is 4.39 Å². The number of nitrogens with two attached hydrogens (primary N) is 1. The Balaban J connectivity index is 1.46. The van der Waals surface area contributed by atoms with Gasteiger partial charge in [-0.3, -0.25) is 0 Å². The van der Waals surface area contributed by atoms with Gasteiger partial charge in [-0.2, -0.15) is 0 Å². The molecule has 0 aliphatic carbocycles. The average Bonchev–Trinajstić information content (AvgIpc) is 2.99. The number of nitrogens with zero attached hydrogens (tertiary/aromatic N) is 3. The molecule has 0 saturated carbocycles. The summed E-state index contributed by atoms with van der Waals surface area (Å²) in [6.45, 7) is 0.680. The molecule has 130 valence electrons. The summed E-state index contributed by atoms with van der Waals surface area (Å²) in [7, 11) is 0. The molecular formula is C17H17FN4O2S. The first-order chi connectivity index (χ1) is 12.2. The highest BCUT2D eigenvalue weighted by Crippen LogP contribution is 2.17. The number of para-hydroxylation sites is 1. The van der Waals surface area contributed by atoms with Gasteiger partial charge in [0, 0.05) is 5.75 Å². The SMILES string of the molecule is Nn1c(COc2ccc(F)cc2)nnc1SCCOc1ccccc1. The van der Waals surface area contributed by atoms with Crippen molar-refractivity contribution in [3.63, 3.8) is 0 Å². The van der Waals surface area contributed by atoms with E-state index in [1.54, 1.807) is 12.1 Å². The van der Waals surface area contributed by atoms with E-state index in [1.807, 2.05) is 30.3 Å². The Morgan fingerprint density at radius 2 is 1.68 bits per heavy atom. The van der Waals surface area contributed by atoms with Crippen LogP contribution in [0.1, 0.15) is 5.82 Å². The molecule has 3 rings (SSSR count). The van der Waals surface area contributed by atoms with Crippen LogP contribution in [-0.4, -0.2) is 27.2 Å². The van der Waals surface area contributed by atoms with E-state index >= 15 is 0 Å². The van der Waals surface area contributed by atoms with Crippen LogP contribution in [-0.2, 0) is 6.61 Å². The molecule has 0 unspecified atom stereocenters. The Bertz CT molecular complexity index is 796. The molecule has 8 heteroatoms. The van der Waals surface area contributed by atoms with Crippen molar-refractivity contribution >= 4 is 11.8 Å². The molecule has 0 radical (unpaired) electrons. The predicted molar refractivity (Wildman–Crippen MR) is 93.6 cm³/mol. The fourth-order valence-electron chi connectivity index (χ4n) is 1.99. The van der Waals surface area contributed by atoms with Crippen molar-refractivity contribution < 1.29 is 13.9 Å². The summed E-state index contributed by atoms with van der Waals surface area (Å²) in [6.07, 6.45) is 0. The van der Waals surface area contributed by atoms with Crippen molar-refractivity contribution in [2.45, 2.75) is 11.8 Å². The molecule has 1 aromatic heterocycles. The van der Waals surface area contributed by atoms with Gasteiger partial charge in [-0.05, 0) is 36.4 Å². The molecule has 0 aliphatic rings. The third-order valence-corrected chi connectivity index (χ3v) is 4.15. The van der Waals surface area contributed by atoms with Gasteiger partial charge in [0.25, 0.3) is 0 Å². The largest absolute Gasteiger partial charge is 0.493 e. The highest BCUT2D eigenvalue weighted by atomic mass is 32.2. The number of rotatable bonds is 8. The summed E-state index contributed by atoms with van der Waals surface area (Å²) in [5.41, 5.74) is 0. The standard InChI is InChI=1S/C17H17FN4O2S/c18-13-6-8-15(9-7-13)24-12-16-20-21-17(22(16)19)25-11-10-23-14-4-2-1-3-5-14/h1-9H,10-12,19H2. The maximum absolute atomic E-state index is 12.9. The fourth-order valence-corrected chi connectivity index (χ4v) is 2.68. The lowest BCUT2D eigenvalue weighted by Crippen LogP contribution is -2.16. The van der Waals surface area contributed by atoms with Crippen molar-refractivity contribution in [1.82, 2.24) is 14.9 Å². The van der Waals surface area contributed by atoms with Crippen molar-refractivity contribution in [1.29, 1.82) is 0 Å². The molecule has 0 bridgehead atoms. The minimum absolute atomic E-state index is 0.149. The molecule has 0 spiro atoms. The monoisotopic (exact) mass is 360 g/mol. The van der Waals surface area contributed by atoms with Crippen LogP contribution in [0.5, 0.6) is 11.5 Å². The molecule has 0 amide bonds. The predicted octanol–water partition coefficient (Wildman–Crippen LogP) is 2.88. The second-order valence-corrected chi connectivity index (χ2v) is 6.08. The summed E-state index contributed by atoms with van der Waals surface area (Å²) in [4.78, 5) is 0. The Kier molecular flexibility index (Phi) is 5.73. The number of halogens is 1. The zero-order valence-electron chi connectivity index (χ0n) is 13.3. The van der Waals surface area contributed by atoms with Gasteiger partial charge in [0.2, 0.25) is 5.16 Å². The molecule has 2 aromatic carbocycles. The normalized spacial score (nSPS) is 10.6. The molecule has 0 fully saturated rings. The topological polar surface area (TPSA) is 75.2 Å². The zero-order valence-corrected chi connectivity index (χ0v) is 14.2. The number of ether oxygens (including phenoxy) is 2. The van der Waals surface area contributed by atoms with E-state index in [1.165, 1.54) is 28.6 Å². The maximum atomic E-state index is 12.9. The lowest BCUT2D eigenvalue weighted by Gasteiger charge is -2.07. The number of benzene rings is 2. The van der Waals surface area contributed by atoms with Crippen LogP contribution in [0.15, 0.2) is 59.8 Å². The van der Waals surface area contributed by atoms with E-state index in [2.05, 4.69) is 10.2 Å². The minimum Gasteiger partial charge on any atom is -0.493 e. The lowest BCUT2D eigenvalue weighted by molar-refractivity contribution is 0.291. The summed E-state index contributed by atoms with van der Waals surface area (Å²) in [6, 6.07) is 15.3. The van der Waals surface area contributed by atoms with Gasteiger partial charge in [0.05, 0.1) is 6.61 Å². The van der Waals surface area contributed by atoms with Gasteiger partial charge in [-0.1, -0.05) is 30.0 Å². The quantitative estimate of drug-likeness (QED) is 0.378. The van der Waals surface area contributed by atoms with Crippen LogP contribution in [0, 0.1) is 5.82 Å². The second-order valence-electron chi connectivity index (χ2n) is 5.02. The number of nitrogen functional groups attached to an aromatic ring is 1. The van der Waals surface area contributed by atoms with Crippen molar-refractivity contribution in [2.75, 3.05) is 18.2 Å². The molecule has 1 heterocycles.